The first-order chi connectivity index (χ1) is 6.20. The highest BCUT2D eigenvalue weighted by Crippen LogP contribution is 2.29. The highest BCUT2D eigenvalue weighted by Gasteiger charge is 2.31. The number of hydrogen-bond donors (Lipinski definition) is 2. The number of hydrogen-bond acceptors (Lipinski definition) is 3. The van der Waals surface area contributed by atoms with Crippen molar-refractivity contribution in [3.63, 3.8) is 0 Å². The first kappa shape index (κ1) is 8.07. The second kappa shape index (κ2) is 2.74. The van der Waals surface area contributed by atoms with Gasteiger partial charge in [0, 0.05) is 6.42 Å². The summed E-state index contributed by atoms with van der Waals surface area (Å²) in [6.45, 7) is 0. The van der Waals surface area contributed by atoms with Crippen molar-refractivity contribution in [3.05, 3.63) is 29.8 Å². The molecule has 4 nitrogen and oxygen atoms in total. The molecule has 1 amide bonds. The summed E-state index contributed by atoms with van der Waals surface area (Å²) in [5, 5.41) is 10.5. The lowest BCUT2D eigenvalue weighted by Crippen LogP contribution is -2.40. The number of anilines is 1. The van der Waals surface area contributed by atoms with Gasteiger partial charge in [-0.15, -0.1) is 0 Å². The van der Waals surface area contributed by atoms with Crippen LogP contribution in [-0.4, -0.2) is 17.2 Å². The van der Waals surface area contributed by atoms with E-state index < -0.39 is 11.9 Å². The number of carbonyl (C=O) groups excluding carboxylic acids is 1. The van der Waals surface area contributed by atoms with Gasteiger partial charge in [-0.05, 0) is 11.6 Å². The van der Waals surface area contributed by atoms with E-state index in [1.54, 1.807) is 6.07 Å². The summed E-state index contributed by atoms with van der Waals surface area (Å²) in [5.74, 6) is -0.501. The molecule has 0 aliphatic carbocycles. The molecule has 1 aliphatic rings. The van der Waals surface area contributed by atoms with E-state index in [-0.39, 0.29) is 0 Å². The number of nitrogens with zero attached hydrogens (tertiary/aromatic N) is 1. The topological polar surface area (TPSA) is 66.6 Å². The number of carbonyl (C=O) groups is 1. The summed E-state index contributed by atoms with van der Waals surface area (Å²) >= 11 is 0. The van der Waals surface area contributed by atoms with E-state index in [9.17, 15) is 10.0 Å². The maximum atomic E-state index is 10.9. The Morgan fingerprint density at radius 3 is 2.85 bits per heavy atom. The van der Waals surface area contributed by atoms with Crippen molar-refractivity contribution < 1.29 is 10.0 Å². The number of amides is 1. The smallest absolute Gasteiger partial charge is 0.243 e. The molecule has 1 unspecified atom stereocenters. The lowest BCUT2D eigenvalue weighted by molar-refractivity contribution is -0.120. The Hall–Kier alpha value is -1.55. The zero-order valence-corrected chi connectivity index (χ0v) is 6.97. The summed E-state index contributed by atoms with van der Waals surface area (Å²) in [6.07, 6.45) is 0.488. The minimum atomic E-state index is -0.614. The van der Waals surface area contributed by atoms with Gasteiger partial charge in [0.2, 0.25) is 5.91 Å². The molecule has 0 radical (unpaired) electrons. The van der Waals surface area contributed by atoms with Crippen molar-refractivity contribution in [2.24, 2.45) is 5.73 Å². The van der Waals surface area contributed by atoms with Crippen molar-refractivity contribution in [2.45, 2.75) is 12.5 Å². The minimum Gasteiger partial charge on any atom is -0.368 e. The van der Waals surface area contributed by atoms with Gasteiger partial charge >= 0.3 is 0 Å². The molecule has 0 aromatic heterocycles. The number of para-hydroxylation sites is 1. The maximum absolute atomic E-state index is 10.9. The van der Waals surface area contributed by atoms with Crippen LogP contribution in [0.3, 0.4) is 0 Å². The summed E-state index contributed by atoms with van der Waals surface area (Å²) in [4.78, 5) is 10.9. The van der Waals surface area contributed by atoms with Crippen LogP contribution in [0.2, 0.25) is 0 Å². The second-order valence-electron chi connectivity index (χ2n) is 3.10. The number of primary amides is 1. The number of rotatable bonds is 1. The van der Waals surface area contributed by atoms with Gasteiger partial charge < -0.3 is 5.73 Å². The Labute approximate surface area is 75.5 Å². The van der Waals surface area contributed by atoms with Gasteiger partial charge in [-0.1, -0.05) is 18.2 Å². The van der Waals surface area contributed by atoms with E-state index >= 15 is 0 Å². The van der Waals surface area contributed by atoms with Crippen LogP contribution in [0.25, 0.3) is 0 Å². The zero-order valence-electron chi connectivity index (χ0n) is 6.97. The number of nitrogens with two attached hydrogens (primary N) is 1. The average molecular weight is 178 g/mol. The quantitative estimate of drug-likeness (QED) is 0.649. The third-order valence-corrected chi connectivity index (χ3v) is 2.28. The van der Waals surface area contributed by atoms with Crippen molar-refractivity contribution in [1.29, 1.82) is 0 Å². The van der Waals surface area contributed by atoms with Gasteiger partial charge in [-0.2, -0.15) is 0 Å². The van der Waals surface area contributed by atoms with Gasteiger partial charge in [-0.3, -0.25) is 10.0 Å². The fourth-order valence-electron chi connectivity index (χ4n) is 1.59. The SMILES string of the molecule is NC(=O)C1Cc2ccccc2N1O. The van der Waals surface area contributed by atoms with Crippen LogP contribution in [-0.2, 0) is 11.2 Å². The van der Waals surface area contributed by atoms with E-state index in [2.05, 4.69) is 0 Å². The third-order valence-electron chi connectivity index (χ3n) is 2.28. The van der Waals surface area contributed by atoms with Gasteiger partial charge in [0.05, 0.1) is 5.69 Å². The van der Waals surface area contributed by atoms with E-state index in [1.807, 2.05) is 18.2 Å². The molecule has 1 atom stereocenters. The van der Waals surface area contributed by atoms with E-state index in [0.29, 0.717) is 12.1 Å². The Balaban J connectivity index is 2.38. The van der Waals surface area contributed by atoms with Crippen LogP contribution < -0.4 is 10.8 Å². The summed E-state index contributed by atoms with van der Waals surface area (Å²) in [5.41, 5.74) is 6.75. The Morgan fingerprint density at radius 2 is 2.23 bits per heavy atom. The molecule has 1 heterocycles. The monoisotopic (exact) mass is 178 g/mol. The fraction of sp³-hybridized carbons (Fsp3) is 0.222. The molecule has 0 saturated carbocycles. The molecule has 0 spiro atoms. The molecule has 2 rings (SSSR count). The predicted octanol–water partition coefficient (Wildman–Crippen LogP) is 0.292. The van der Waals surface area contributed by atoms with Crippen molar-refractivity contribution in [2.75, 3.05) is 5.06 Å². The highest BCUT2D eigenvalue weighted by atomic mass is 16.5. The highest BCUT2D eigenvalue weighted by molar-refractivity contribution is 5.85. The van der Waals surface area contributed by atoms with Crippen LogP contribution in [0, 0.1) is 0 Å². The van der Waals surface area contributed by atoms with Gasteiger partial charge in [0.15, 0.2) is 0 Å². The number of hydroxylamine groups is 1. The minimum absolute atomic E-state index is 0.488. The van der Waals surface area contributed by atoms with Gasteiger partial charge in [0.1, 0.15) is 6.04 Å². The number of benzene rings is 1. The Kier molecular flexibility index (Phi) is 1.70. The lowest BCUT2D eigenvalue weighted by Gasteiger charge is -2.16. The molecule has 68 valence electrons. The van der Waals surface area contributed by atoms with Crippen molar-refractivity contribution >= 4 is 11.6 Å². The molecule has 1 aromatic carbocycles. The van der Waals surface area contributed by atoms with Crippen LogP contribution in [0.4, 0.5) is 5.69 Å². The third kappa shape index (κ3) is 1.15. The molecule has 1 aliphatic heterocycles. The molecule has 1 aromatic rings. The molecular weight excluding hydrogens is 168 g/mol. The average Bonchev–Trinajstić information content (AvgIpc) is 2.45. The maximum Gasteiger partial charge on any atom is 0.243 e. The molecule has 0 saturated heterocycles. The predicted molar refractivity (Wildman–Crippen MR) is 47.4 cm³/mol. The molecule has 0 bridgehead atoms. The standard InChI is InChI=1S/C9H10N2O2/c10-9(12)8-5-6-3-1-2-4-7(6)11(8)13/h1-4,8,13H,5H2,(H2,10,12). The normalized spacial score (nSPS) is 20.1. The van der Waals surface area contributed by atoms with Crippen LogP contribution in [0.1, 0.15) is 5.56 Å². The molecule has 13 heavy (non-hydrogen) atoms. The Morgan fingerprint density at radius 1 is 1.54 bits per heavy atom. The van der Waals surface area contributed by atoms with Crippen LogP contribution in [0.5, 0.6) is 0 Å². The van der Waals surface area contributed by atoms with Gasteiger partial charge in [0.25, 0.3) is 0 Å². The van der Waals surface area contributed by atoms with E-state index in [0.717, 1.165) is 10.6 Å². The molecular formula is C9H10N2O2. The summed E-state index contributed by atoms with van der Waals surface area (Å²) in [6, 6.07) is 6.71. The van der Waals surface area contributed by atoms with Gasteiger partial charge in [-0.25, -0.2) is 5.06 Å². The first-order valence-corrected chi connectivity index (χ1v) is 4.05. The second-order valence-corrected chi connectivity index (χ2v) is 3.10. The molecule has 4 heteroatoms. The molecule has 3 N–H and O–H groups in total. The zero-order chi connectivity index (χ0) is 9.42. The van der Waals surface area contributed by atoms with Crippen molar-refractivity contribution in [3.8, 4) is 0 Å². The molecule has 0 fully saturated rings. The summed E-state index contributed by atoms with van der Waals surface area (Å²) < 4.78 is 0. The van der Waals surface area contributed by atoms with E-state index in [4.69, 9.17) is 5.73 Å². The fourth-order valence-corrected chi connectivity index (χ4v) is 1.59. The number of fused-ring (bicyclic) bond motifs is 1. The lowest BCUT2D eigenvalue weighted by atomic mass is 10.1. The Bertz CT molecular complexity index is 351. The van der Waals surface area contributed by atoms with Crippen molar-refractivity contribution in [1.82, 2.24) is 0 Å². The first-order valence-electron chi connectivity index (χ1n) is 4.05. The van der Waals surface area contributed by atoms with Crippen LogP contribution >= 0.6 is 0 Å². The van der Waals surface area contributed by atoms with E-state index in [1.165, 1.54) is 0 Å². The summed E-state index contributed by atoms with van der Waals surface area (Å²) in [7, 11) is 0. The largest absolute Gasteiger partial charge is 0.368 e. The van der Waals surface area contributed by atoms with Crippen LogP contribution in [0.15, 0.2) is 24.3 Å².